The number of carbonyl (C=O) groups excluding carboxylic acids is 4. The van der Waals surface area contributed by atoms with E-state index in [0.717, 1.165) is 21.4 Å². The van der Waals surface area contributed by atoms with Crippen LogP contribution in [0.1, 0.15) is 19.4 Å². The van der Waals surface area contributed by atoms with Gasteiger partial charge in [-0.2, -0.15) is 0 Å². The Labute approximate surface area is 173 Å². The summed E-state index contributed by atoms with van der Waals surface area (Å²) < 4.78 is 5.22. The van der Waals surface area contributed by atoms with Gasteiger partial charge in [0, 0.05) is 6.54 Å². The van der Waals surface area contributed by atoms with Crippen LogP contribution in [-0.2, 0) is 19.9 Å². The second-order valence-electron chi connectivity index (χ2n) is 7.10. The van der Waals surface area contributed by atoms with Crippen molar-refractivity contribution in [3.8, 4) is 5.75 Å². The Kier molecular flexibility index (Phi) is 5.91. The number of hydrogen-bond acceptors (Lipinski definition) is 5. The van der Waals surface area contributed by atoms with E-state index in [1.165, 1.54) is 0 Å². The molecule has 158 valence electrons. The first kappa shape index (κ1) is 21.1. The highest BCUT2D eigenvalue weighted by molar-refractivity contribution is 6.09. The van der Waals surface area contributed by atoms with Crippen LogP contribution in [0.2, 0.25) is 0 Å². The molecule has 1 saturated heterocycles. The summed E-state index contributed by atoms with van der Waals surface area (Å²) in [6.07, 6.45) is 0. The molecule has 0 radical (unpaired) electrons. The Hall–Kier alpha value is -3.62. The third-order valence-corrected chi connectivity index (χ3v) is 5.02. The van der Waals surface area contributed by atoms with Crippen molar-refractivity contribution in [3.05, 3.63) is 42.0 Å². The van der Waals surface area contributed by atoms with Crippen LogP contribution >= 0.6 is 0 Å². The summed E-state index contributed by atoms with van der Waals surface area (Å²) in [7, 11) is 1.59. The highest BCUT2D eigenvalue weighted by Crippen LogP contribution is 2.31. The molecule has 0 spiro atoms. The number of benzene rings is 2. The zero-order valence-corrected chi connectivity index (χ0v) is 17.1. The molecule has 3 rings (SSSR count). The molecule has 2 aromatic carbocycles. The Morgan fingerprint density at radius 3 is 2.47 bits per heavy atom. The fourth-order valence-electron chi connectivity index (χ4n) is 3.34. The highest BCUT2D eigenvalue weighted by Gasteiger charge is 2.49. The first-order valence-corrected chi connectivity index (χ1v) is 9.54. The van der Waals surface area contributed by atoms with Gasteiger partial charge in [-0.05, 0) is 48.4 Å². The van der Waals surface area contributed by atoms with Gasteiger partial charge < -0.3 is 20.7 Å². The van der Waals surface area contributed by atoms with Crippen molar-refractivity contribution in [3.63, 3.8) is 0 Å². The van der Waals surface area contributed by atoms with Crippen LogP contribution in [0.15, 0.2) is 36.4 Å². The van der Waals surface area contributed by atoms with E-state index in [1.807, 2.05) is 30.3 Å². The van der Waals surface area contributed by atoms with Crippen LogP contribution in [0.25, 0.3) is 10.8 Å². The Morgan fingerprint density at radius 2 is 1.77 bits per heavy atom. The van der Waals surface area contributed by atoms with Crippen molar-refractivity contribution in [2.45, 2.75) is 19.4 Å². The lowest BCUT2D eigenvalue weighted by atomic mass is 9.90. The van der Waals surface area contributed by atoms with Crippen molar-refractivity contribution in [2.24, 2.45) is 0 Å². The number of carbonyl (C=O) groups is 4. The van der Waals surface area contributed by atoms with Gasteiger partial charge in [-0.1, -0.05) is 18.2 Å². The molecule has 3 N–H and O–H groups in total. The van der Waals surface area contributed by atoms with E-state index in [0.29, 0.717) is 12.1 Å². The topological polar surface area (TPSA) is 117 Å². The van der Waals surface area contributed by atoms with Gasteiger partial charge in [-0.3, -0.25) is 19.3 Å². The van der Waals surface area contributed by atoms with Gasteiger partial charge in [-0.15, -0.1) is 0 Å². The largest absolute Gasteiger partial charge is 0.497 e. The summed E-state index contributed by atoms with van der Waals surface area (Å²) in [5, 5.41) is 9.44. The van der Waals surface area contributed by atoms with Gasteiger partial charge in [0.2, 0.25) is 11.8 Å². The lowest BCUT2D eigenvalue weighted by Crippen LogP contribution is -2.45. The summed E-state index contributed by atoms with van der Waals surface area (Å²) >= 11 is 0. The number of nitrogens with zero attached hydrogens (tertiary/aromatic N) is 1. The molecule has 1 atom stereocenters. The van der Waals surface area contributed by atoms with Gasteiger partial charge in [0.25, 0.3) is 5.91 Å². The van der Waals surface area contributed by atoms with E-state index in [2.05, 4.69) is 16.0 Å². The van der Waals surface area contributed by atoms with Crippen molar-refractivity contribution in [1.82, 2.24) is 20.9 Å². The standard InChI is InChI=1S/C21H24N4O5/c1-4-22-17(26)11-23-18(27)12-25-19(28)21(2,24-20(25)29)15-7-5-14-10-16(30-3)8-6-13(14)9-15/h5-10H,4,11-12H2,1-3H3,(H,22,26)(H,23,27)(H,24,29)/t21-/m1/s1. The maximum atomic E-state index is 13.0. The molecular formula is C21H24N4O5. The smallest absolute Gasteiger partial charge is 0.325 e. The summed E-state index contributed by atoms with van der Waals surface area (Å²) in [4.78, 5) is 49.8. The molecule has 1 heterocycles. The Morgan fingerprint density at radius 1 is 1.07 bits per heavy atom. The van der Waals surface area contributed by atoms with Crippen molar-refractivity contribution in [1.29, 1.82) is 0 Å². The van der Waals surface area contributed by atoms with Crippen molar-refractivity contribution >= 4 is 34.5 Å². The van der Waals surface area contributed by atoms with Crippen molar-refractivity contribution in [2.75, 3.05) is 26.7 Å². The Balaban J connectivity index is 1.76. The molecule has 0 aliphatic carbocycles. The lowest BCUT2D eigenvalue weighted by Gasteiger charge is -2.22. The van der Waals surface area contributed by atoms with E-state index in [1.54, 1.807) is 27.0 Å². The van der Waals surface area contributed by atoms with E-state index < -0.39 is 29.9 Å². The van der Waals surface area contributed by atoms with Gasteiger partial charge in [0.15, 0.2) is 0 Å². The molecular weight excluding hydrogens is 388 g/mol. The highest BCUT2D eigenvalue weighted by atomic mass is 16.5. The van der Waals surface area contributed by atoms with Crippen LogP contribution in [0.5, 0.6) is 5.75 Å². The fraction of sp³-hybridized carbons (Fsp3) is 0.333. The van der Waals surface area contributed by atoms with Gasteiger partial charge in [0.05, 0.1) is 13.7 Å². The van der Waals surface area contributed by atoms with E-state index in [-0.39, 0.29) is 12.5 Å². The monoisotopic (exact) mass is 412 g/mol. The predicted molar refractivity (Wildman–Crippen MR) is 110 cm³/mol. The van der Waals surface area contributed by atoms with E-state index >= 15 is 0 Å². The zero-order valence-electron chi connectivity index (χ0n) is 17.1. The summed E-state index contributed by atoms with van der Waals surface area (Å²) in [6, 6.07) is 10.3. The first-order valence-electron chi connectivity index (χ1n) is 9.54. The summed E-state index contributed by atoms with van der Waals surface area (Å²) in [6.45, 7) is 3.12. The lowest BCUT2D eigenvalue weighted by molar-refractivity contribution is -0.135. The molecule has 0 saturated carbocycles. The number of urea groups is 1. The fourth-order valence-corrected chi connectivity index (χ4v) is 3.34. The normalized spacial score (nSPS) is 18.3. The van der Waals surface area contributed by atoms with Crippen LogP contribution in [0.4, 0.5) is 4.79 Å². The molecule has 30 heavy (non-hydrogen) atoms. The van der Waals surface area contributed by atoms with Crippen LogP contribution in [0.3, 0.4) is 0 Å². The second-order valence-corrected chi connectivity index (χ2v) is 7.10. The number of nitrogens with one attached hydrogen (secondary N) is 3. The number of methoxy groups -OCH3 is 1. The van der Waals surface area contributed by atoms with Gasteiger partial charge in [0.1, 0.15) is 17.8 Å². The number of amides is 5. The minimum atomic E-state index is -1.30. The van der Waals surface area contributed by atoms with Crippen molar-refractivity contribution < 1.29 is 23.9 Å². The zero-order chi connectivity index (χ0) is 21.9. The first-order chi connectivity index (χ1) is 14.3. The molecule has 0 bridgehead atoms. The number of imide groups is 1. The molecule has 2 aromatic rings. The second kappa shape index (κ2) is 8.40. The minimum absolute atomic E-state index is 0.221. The average Bonchev–Trinajstić information content (AvgIpc) is 2.95. The summed E-state index contributed by atoms with van der Waals surface area (Å²) in [5.74, 6) is -0.759. The van der Waals surface area contributed by atoms with E-state index in [9.17, 15) is 19.2 Å². The quantitative estimate of drug-likeness (QED) is 0.584. The van der Waals surface area contributed by atoms with Gasteiger partial charge >= 0.3 is 6.03 Å². The molecule has 9 nitrogen and oxygen atoms in total. The molecule has 1 aliphatic heterocycles. The van der Waals surface area contributed by atoms with Crippen LogP contribution in [0, 0.1) is 0 Å². The van der Waals surface area contributed by atoms with Gasteiger partial charge in [-0.25, -0.2) is 4.79 Å². The number of fused-ring (bicyclic) bond motifs is 1. The predicted octanol–water partition coefficient (Wildman–Crippen LogP) is 0.868. The Bertz CT molecular complexity index is 1020. The number of rotatable bonds is 7. The third kappa shape index (κ3) is 4.05. The van der Waals surface area contributed by atoms with Crippen LogP contribution in [-0.4, -0.2) is 55.4 Å². The van der Waals surface area contributed by atoms with Crippen LogP contribution < -0.4 is 20.7 Å². The molecule has 0 unspecified atom stereocenters. The number of likely N-dealkylation sites (N-methyl/N-ethyl adjacent to an activating group) is 1. The molecule has 0 aromatic heterocycles. The molecule has 5 amide bonds. The molecule has 9 heteroatoms. The molecule has 1 aliphatic rings. The maximum Gasteiger partial charge on any atom is 0.325 e. The number of hydrogen-bond donors (Lipinski definition) is 3. The number of ether oxygens (including phenoxy) is 1. The summed E-state index contributed by atoms with van der Waals surface area (Å²) in [5.41, 5.74) is -0.700. The average molecular weight is 412 g/mol. The van der Waals surface area contributed by atoms with E-state index in [4.69, 9.17) is 4.74 Å². The minimum Gasteiger partial charge on any atom is -0.497 e. The third-order valence-electron chi connectivity index (χ3n) is 5.02. The SMILES string of the molecule is CCNC(=O)CNC(=O)CN1C(=O)N[C@](C)(c2ccc3cc(OC)ccc3c2)C1=O. The maximum absolute atomic E-state index is 13.0. The molecule has 1 fully saturated rings.